The molecule has 1 aliphatic carbocycles. The Balaban J connectivity index is 1.70. The van der Waals surface area contributed by atoms with E-state index >= 15 is 0 Å². The minimum absolute atomic E-state index is 0.0886. The Kier molecular flexibility index (Phi) is 1.87. The van der Waals surface area contributed by atoms with Crippen LogP contribution >= 0.6 is 0 Å². The van der Waals surface area contributed by atoms with Crippen LogP contribution in [0.5, 0.6) is 0 Å². The second-order valence-corrected chi connectivity index (χ2v) is 4.71. The first-order valence-corrected chi connectivity index (χ1v) is 5.18. The van der Waals surface area contributed by atoms with E-state index in [9.17, 15) is 13.2 Å². The Bertz CT molecular complexity index is 399. The number of aromatic nitrogens is 3. The normalized spacial score (nSPS) is 24.2. The highest BCUT2D eigenvalue weighted by atomic mass is 19.4. The maximum Gasteiger partial charge on any atom is 0.453 e. The predicted molar refractivity (Wildman–Crippen MR) is 48.6 cm³/mol. The van der Waals surface area contributed by atoms with Gasteiger partial charge in [0.1, 0.15) is 6.33 Å². The van der Waals surface area contributed by atoms with E-state index in [-0.39, 0.29) is 6.04 Å². The molecule has 0 amide bonds. The Labute approximate surface area is 89.8 Å². The van der Waals surface area contributed by atoms with Gasteiger partial charge in [-0.15, -0.1) is 5.10 Å². The standard InChI is InChI=1S/C9H11F3N4/c10-9(11,12)7-14-5-16(15-7)6-1-8(2-6)3-13-4-8/h5-6,13H,1-4H2. The van der Waals surface area contributed by atoms with Crippen molar-refractivity contribution in [1.82, 2.24) is 20.1 Å². The molecule has 3 rings (SSSR count). The zero-order valence-corrected chi connectivity index (χ0v) is 8.46. The van der Waals surface area contributed by atoms with Crippen LogP contribution in [-0.4, -0.2) is 27.9 Å². The first kappa shape index (κ1) is 10.1. The molecule has 2 heterocycles. The van der Waals surface area contributed by atoms with E-state index in [0.717, 1.165) is 25.9 Å². The minimum Gasteiger partial charge on any atom is -0.316 e. The number of halogens is 3. The van der Waals surface area contributed by atoms with Gasteiger partial charge in [0.2, 0.25) is 0 Å². The van der Waals surface area contributed by atoms with E-state index < -0.39 is 12.0 Å². The van der Waals surface area contributed by atoms with Crippen LogP contribution in [0, 0.1) is 5.41 Å². The molecule has 2 fully saturated rings. The first-order valence-electron chi connectivity index (χ1n) is 5.18. The molecular formula is C9H11F3N4. The topological polar surface area (TPSA) is 42.7 Å². The van der Waals surface area contributed by atoms with E-state index in [4.69, 9.17) is 0 Å². The third-order valence-electron chi connectivity index (χ3n) is 3.47. The fraction of sp³-hybridized carbons (Fsp3) is 0.778. The average Bonchev–Trinajstić information content (AvgIpc) is 2.45. The number of nitrogens with one attached hydrogen (secondary N) is 1. The number of hydrogen-bond acceptors (Lipinski definition) is 3. The van der Waals surface area contributed by atoms with Crippen LogP contribution < -0.4 is 5.32 Å². The number of nitrogens with zero attached hydrogens (tertiary/aromatic N) is 3. The summed E-state index contributed by atoms with van der Waals surface area (Å²) in [5.41, 5.74) is 0.328. The second kappa shape index (κ2) is 2.97. The monoisotopic (exact) mass is 232 g/mol. The Morgan fingerprint density at radius 3 is 2.50 bits per heavy atom. The molecule has 0 radical (unpaired) electrons. The van der Waals surface area contributed by atoms with Crippen LogP contribution in [0.1, 0.15) is 24.7 Å². The molecule has 1 aromatic heterocycles. The summed E-state index contributed by atoms with van der Waals surface area (Å²) in [6.07, 6.45) is -1.45. The Hall–Kier alpha value is -1.11. The van der Waals surface area contributed by atoms with Gasteiger partial charge in [-0.25, -0.2) is 9.67 Å². The molecule has 1 spiro atoms. The molecule has 0 unspecified atom stereocenters. The van der Waals surface area contributed by atoms with Gasteiger partial charge in [-0.05, 0) is 18.3 Å². The van der Waals surface area contributed by atoms with Gasteiger partial charge in [0.15, 0.2) is 0 Å². The zero-order chi connectivity index (χ0) is 11.4. The van der Waals surface area contributed by atoms with Crippen LogP contribution in [0.25, 0.3) is 0 Å². The lowest BCUT2D eigenvalue weighted by Gasteiger charge is -2.54. The van der Waals surface area contributed by atoms with E-state index in [1.165, 1.54) is 11.0 Å². The van der Waals surface area contributed by atoms with Crippen molar-refractivity contribution in [2.45, 2.75) is 25.1 Å². The number of rotatable bonds is 1. The summed E-state index contributed by atoms with van der Waals surface area (Å²) in [7, 11) is 0. The maximum absolute atomic E-state index is 12.3. The van der Waals surface area contributed by atoms with E-state index in [2.05, 4.69) is 15.4 Å². The van der Waals surface area contributed by atoms with Gasteiger partial charge in [0, 0.05) is 13.1 Å². The van der Waals surface area contributed by atoms with Crippen molar-refractivity contribution < 1.29 is 13.2 Å². The Morgan fingerprint density at radius 1 is 1.38 bits per heavy atom. The zero-order valence-electron chi connectivity index (χ0n) is 8.46. The molecule has 0 bridgehead atoms. The summed E-state index contributed by atoms with van der Waals surface area (Å²) in [5, 5.41) is 6.67. The fourth-order valence-corrected chi connectivity index (χ4v) is 2.47. The lowest BCUT2D eigenvalue weighted by molar-refractivity contribution is -0.145. The van der Waals surface area contributed by atoms with Crippen LogP contribution in [0.2, 0.25) is 0 Å². The molecule has 0 aromatic carbocycles. The molecule has 16 heavy (non-hydrogen) atoms. The number of alkyl halides is 3. The highest BCUT2D eigenvalue weighted by Crippen LogP contribution is 2.50. The van der Waals surface area contributed by atoms with E-state index in [0.29, 0.717) is 5.41 Å². The largest absolute Gasteiger partial charge is 0.453 e. The SMILES string of the molecule is FC(F)(F)c1ncn(C2CC3(CNC3)C2)n1. The highest BCUT2D eigenvalue weighted by Gasteiger charge is 2.50. The van der Waals surface area contributed by atoms with Gasteiger partial charge < -0.3 is 5.32 Å². The van der Waals surface area contributed by atoms with Gasteiger partial charge >= 0.3 is 6.18 Å². The molecule has 88 valence electrons. The van der Waals surface area contributed by atoms with Crippen molar-refractivity contribution in [1.29, 1.82) is 0 Å². The van der Waals surface area contributed by atoms with Gasteiger partial charge in [0.25, 0.3) is 5.82 Å². The molecule has 1 N–H and O–H groups in total. The van der Waals surface area contributed by atoms with Gasteiger partial charge in [-0.3, -0.25) is 0 Å². The van der Waals surface area contributed by atoms with Crippen molar-refractivity contribution in [3.63, 3.8) is 0 Å². The summed E-state index contributed by atoms with van der Waals surface area (Å²) >= 11 is 0. The summed E-state index contributed by atoms with van der Waals surface area (Å²) in [6.45, 7) is 1.95. The maximum atomic E-state index is 12.3. The second-order valence-electron chi connectivity index (χ2n) is 4.71. The molecule has 1 saturated heterocycles. The molecule has 7 heteroatoms. The molecule has 1 aromatic rings. The molecule has 0 atom stereocenters. The Morgan fingerprint density at radius 2 is 2.06 bits per heavy atom. The van der Waals surface area contributed by atoms with Crippen molar-refractivity contribution in [2.24, 2.45) is 5.41 Å². The first-order chi connectivity index (χ1) is 7.49. The van der Waals surface area contributed by atoms with Crippen molar-refractivity contribution in [3.8, 4) is 0 Å². The lowest BCUT2D eigenvalue weighted by atomic mass is 9.62. The average molecular weight is 232 g/mol. The van der Waals surface area contributed by atoms with Crippen LogP contribution in [0.15, 0.2) is 6.33 Å². The van der Waals surface area contributed by atoms with Gasteiger partial charge in [-0.2, -0.15) is 13.2 Å². The van der Waals surface area contributed by atoms with Crippen molar-refractivity contribution in [2.75, 3.05) is 13.1 Å². The van der Waals surface area contributed by atoms with Crippen LogP contribution in [-0.2, 0) is 6.18 Å². The fourth-order valence-electron chi connectivity index (χ4n) is 2.47. The highest BCUT2D eigenvalue weighted by molar-refractivity contribution is 5.05. The summed E-state index contributed by atoms with van der Waals surface area (Å²) < 4.78 is 38.2. The third kappa shape index (κ3) is 1.41. The minimum atomic E-state index is -4.44. The smallest absolute Gasteiger partial charge is 0.316 e. The molecule has 1 aliphatic heterocycles. The molecule has 4 nitrogen and oxygen atoms in total. The molecule has 2 aliphatic rings. The lowest BCUT2D eigenvalue weighted by Crippen LogP contribution is -2.60. The number of hydrogen-bond donors (Lipinski definition) is 1. The summed E-state index contributed by atoms with van der Waals surface area (Å²) in [4.78, 5) is 3.29. The molecular weight excluding hydrogens is 221 g/mol. The molecule has 1 saturated carbocycles. The van der Waals surface area contributed by atoms with Crippen molar-refractivity contribution >= 4 is 0 Å². The van der Waals surface area contributed by atoms with E-state index in [1.54, 1.807) is 0 Å². The van der Waals surface area contributed by atoms with Gasteiger partial charge in [-0.1, -0.05) is 0 Å². The quantitative estimate of drug-likeness (QED) is 0.791. The predicted octanol–water partition coefficient (Wildman–Crippen LogP) is 1.22. The third-order valence-corrected chi connectivity index (χ3v) is 3.47. The van der Waals surface area contributed by atoms with Crippen molar-refractivity contribution in [3.05, 3.63) is 12.2 Å². The van der Waals surface area contributed by atoms with Gasteiger partial charge in [0.05, 0.1) is 6.04 Å². The van der Waals surface area contributed by atoms with Crippen LogP contribution in [0.3, 0.4) is 0 Å². The summed E-state index contributed by atoms with van der Waals surface area (Å²) in [6, 6.07) is 0.0886. The van der Waals surface area contributed by atoms with Crippen LogP contribution in [0.4, 0.5) is 13.2 Å². The summed E-state index contributed by atoms with van der Waals surface area (Å²) in [5.74, 6) is -1.04. The van der Waals surface area contributed by atoms with E-state index in [1.807, 2.05) is 0 Å².